The van der Waals surface area contributed by atoms with E-state index in [0.29, 0.717) is 12.0 Å². The van der Waals surface area contributed by atoms with E-state index in [-0.39, 0.29) is 50.0 Å². The molecule has 22 heteroatoms. The predicted molar refractivity (Wildman–Crippen MR) is 235 cm³/mol. The van der Waals surface area contributed by atoms with Gasteiger partial charge in [-0.15, -0.1) is 0 Å². The lowest BCUT2D eigenvalue weighted by atomic mass is 9.99. The third-order valence-corrected chi connectivity index (χ3v) is 9.68. The number of carboxylic acids is 3. The zero-order chi connectivity index (χ0) is 48.7. The highest BCUT2D eigenvalue weighted by molar-refractivity contribution is 5.97. The van der Waals surface area contributed by atoms with Gasteiger partial charge in [-0.1, -0.05) is 71.9 Å². The van der Waals surface area contributed by atoms with Crippen LogP contribution in [0.25, 0.3) is 0 Å². The lowest BCUT2D eigenvalue weighted by Crippen LogP contribution is -2.60. The Balaban J connectivity index is 3.41. The maximum absolute atomic E-state index is 13.9. The SMILES string of the molecule is CC(C)C[C@H](NC(=O)[C@H](CCC(=O)O)NC(=O)[C@H](CCC(=O)O)NC(=O)[C@H](Cc1ccccc1)NC(=O)[C@@H](N)CC(C)C)C(=O)N[C@H](C(=O)N[C@@H](CCCN=C(N)N)C(=O)O)C(C)C. The minimum Gasteiger partial charge on any atom is -0.481 e. The molecule has 0 saturated carbocycles. The molecule has 0 spiro atoms. The Morgan fingerprint density at radius 2 is 1.02 bits per heavy atom. The zero-order valence-electron chi connectivity index (χ0n) is 37.4. The Morgan fingerprint density at radius 3 is 1.47 bits per heavy atom. The van der Waals surface area contributed by atoms with Crippen LogP contribution in [0, 0.1) is 17.8 Å². The Kier molecular flexibility index (Phi) is 24.7. The number of benzene rings is 1. The van der Waals surface area contributed by atoms with Crippen molar-refractivity contribution in [3.8, 4) is 0 Å². The number of hydrogen-bond donors (Lipinski definition) is 12. The van der Waals surface area contributed by atoms with Crippen LogP contribution in [-0.4, -0.2) is 123 Å². The molecule has 22 nitrogen and oxygen atoms in total. The Bertz CT molecular complexity index is 1770. The van der Waals surface area contributed by atoms with E-state index >= 15 is 0 Å². The van der Waals surface area contributed by atoms with Gasteiger partial charge in [0, 0.05) is 25.8 Å². The molecule has 7 atom stereocenters. The van der Waals surface area contributed by atoms with Gasteiger partial charge in [-0.2, -0.15) is 0 Å². The van der Waals surface area contributed by atoms with Gasteiger partial charge in [-0.25, -0.2) is 4.79 Å². The van der Waals surface area contributed by atoms with Crippen LogP contribution in [0.15, 0.2) is 35.3 Å². The molecular formula is C42H68N10O12. The van der Waals surface area contributed by atoms with Crippen molar-refractivity contribution < 1.29 is 58.5 Å². The van der Waals surface area contributed by atoms with Gasteiger partial charge in [0.1, 0.15) is 36.3 Å². The van der Waals surface area contributed by atoms with Gasteiger partial charge >= 0.3 is 17.9 Å². The number of amides is 6. The van der Waals surface area contributed by atoms with Gasteiger partial charge in [0.15, 0.2) is 5.96 Å². The quantitative estimate of drug-likeness (QED) is 0.0252. The summed E-state index contributed by atoms with van der Waals surface area (Å²) in [6.07, 6.45) is -1.80. The van der Waals surface area contributed by atoms with Crippen molar-refractivity contribution in [3.05, 3.63) is 35.9 Å². The van der Waals surface area contributed by atoms with Crippen molar-refractivity contribution in [3.63, 3.8) is 0 Å². The zero-order valence-corrected chi connectivity index (χ0v) is 37.4. The summed E-state index contributed by atoms with van der Waals surface area (Å²) >= 11 is 0. The molecule has 0 radical (unpaired) electrons. The third kappa shape index (κ3) is 22.2. The Hall–Kier alpha value is -6.32. The molecule has 0 aromatic heterocycles. The maximum atomic E-state index is 13.9. The van der Waals surface area contributed by atoms with Crippen LogP contribution in [-0.2, 0) is 49.6 Å². The minimum absolute atomic E-state index is 0.00120. The number of carbonyl (C=O) groups is 9. The third-order valence-electron chi connectivity index (χ3n) is 9.68. The summed E-state index contributed by atoms with van der Waals surface area (Å²) in [7, 11) is 0. The van der Waals surface area contributed by atoms with E-state index in [2.05, 4.69) is 36.9 Å². The number of carboxylic acid groups (broad SMARTS) is 3. The van der Waals surface area contributed by atoms with E-state index in [1.165, 1.54) is 0 Å². The molecule has 1 rings (SSSR count). The van der Waals surface area contributed by atoms with Gasteiger partial charge in [0.05, 0.1) is 6.04 Å². The first kappa shape index (κ1) is 55.7. The van der Waals surface area contributed by atoms with Gasteiger partial charge in [-0.3, -0.25) is 43.3 Å². The summed E-state index contributed by atoms with van der Waals surface area (Å²) in [5.41, 5.74) is 17.3. The summed E-state index contributed by atoms with van der Waals surface area (Å²) in [5, 5.41) is 43.7. The lowest BCUT2D eigenvalue weighted by Gasteiger charge is -2.29. The molecule has 0 aliphatic heterocycles. The van der Waals surface area contributed by atoms with Crippen LogP contribution in [0.1, 0.15) is 98.5 Å². The topological polar surface area (TPSA) is 377 Å². The maximum Gasteiger partial charge on any atom is 0.326 e. The molecule has 15 N–H and O–H groups in total. The van der Waals surface area contributed by atoms with Crippen LogP contribution < -0.4 is 49.1 Å². The monoisotopic (exact) mass is 905 g/mol. The molecule has 0 aliphatic carbocycles. The van der Waals surface area contributed by atoms with Crippen molar-refractivity contribution in [1.82, 2.24) is 31.9 Å². The van der Waals surface area contributed by atoms with Crippen LogP contribution >= 0.6 is 0 Å². The van der Waals surface area contributed by atoms with Gasteiger partial charge < -0.3 is 64.4 Å². The van der Waals surface area contributed by atoms with Crippen LogP contribution in [0.5, 0.6) is 0 Å². The molecule has 358 valence electrons. The summed E-state index contributed by atoms with van der Waals surface area (Å²) in [5.74, 6) is -10.2. The highest BCUT2D eigenvalue weighted by atomic mass is 16.4. The second-order valence-electron chi connectivity index (χ2n) is 16.7. The number of rotatable bonds is 30. The first-order chi connectivity index (χ1) is 29.9. The number of carbonyl (C=O) groups excluding carboxylic acids is 6. The van der Waals surface area contributed by atoms with E-state index in [0.717, 1.165) is 0 Å². The molecular weight excluding hydrogens is 837 g/mol. The molecule has 6 amide bonds. The summed E-state index contributed by atoms with van der Waals surface area (Å²) in [6, 6.07) is -0.871. The van der Waals surface area contributed by atoms with Gasteiger partial charge in [0.25, 0.3) is 0 Å². The molecule has 0 aliphatic rings. The molecule has 1 aromatic carbocycles. The standard InChI is InChI=1S/C42H68N10O12/c1-22(2)19-26(43)35(57)50-31(21-25-11-8-7-9-12-25)38(60)48-27(14-16-32(53)54)36(58)47-28(15-17-33(55)56)37(59)51-30(20-23(3)4)39(61)52-34(24(5)6)40(62)49-29(41(63)64)13-10-18-46-42(44)45/h7-9,11-12,22-24,26-31,34H,10,13-21,43H2,1-6H3,(H,47,58)(H,48,60)(H,49,62)(H,50,57)(H,51,59)(H,52,61)(H,53,54)(H,55,56)(H,63,64)(H4,44,45,46)/t26-,27-,28-,29-,30-,31-,34-/m0/s1. The van der Waals surface area contributed by atoms with Crippen molar-refractivity contribution in [2.24, 2.45) is 39.9 Å². The first-order valence-electron chi connectivity index (χ1n) is 21.2. The highest BCUT2D eigenvalue weighted by Gasteiger charge is 2.35. The number of hydrogen-bond acceptors (Lipinski definition) is 11. The number of guanidine groups is 1. The largest absolute Gasteiger partial charge is 0.481 e. The molecule has 64 heavy (non-hydrogen) atoms. The second kappa shape index (κ2) is 28.4. The summed E-state index contributed by atoms with van der Waals surface area (Å²) in [4.78, 5) is 121. The lowest BCUT2D eigenvalue weighted by molar-refractivity contribution is -0.143. The van der Waals surface area contributed by atoms with Crippen molar-refractivity contribution in [2.75, 3.05) is 6.54 Å². The fraction of sp³-hybridized carbons (Fsp3) is 0.619. The van der Waals surface area contributed by atoms with E-state index in [1.54, 1.807) is 58.0 Å². The fourth-order valence-corrected chi connectivity index (χ4v) is 6.36. The molecule has 0 heterocycles. The predicted octanol–water partition coefficient (Wildman–Crippen LogP) is -0.919. The smallest absolute Gasteiger partial charge is 0.326 e. The minimum atomic E-state index is -1.64. The number of aliphatic carboxylic acids is 3. The number of nitrogens with one attached hydrogen (secondary N) is 6. The van der Waals surface area contributed by atoms with Gasteiger partial charge in [-0.05, 0) is 61.8 Å². The molecule has 0 unspecified atom stereocenters. The average Bonchev–Trinajstić information content (AvgIpc) is 3.19. The summed E-state index contributed by atoms with van der Waals surface area (Å²) in [6.45, 7) is 10.5. The van der Waals surface area contributed by atoms with E-state index in [9.17, 15) is 58.5 Å². The Labute approximate surface area is 373 Å². The van der Waals surface area contributed by atoms with Crippen molar-refractivity contribution >= 4 is 59.3 Å². The molecule has 0 fully saturated rings. The van der Waals surface area contributed by atoms with Crippen molar-refractivity contribution in [1.29, 1.82) is 0 Å². The Morgan fingerprint density at radius 1 is 0.562 bits per heavy atom. The normalized spacial score (nSPS) is 14.4. The molecule has 0 bridgehead atoms. The van der Waals surface area contributed by atoms with Crippen molar-refractivity contribution in [2.45, 2.75) is 142 Å². The number of aliphatic imine (C=N–C) groups is 1. The summed E-state index contributed by atoms with van der Waals surface area (Å²) < 4.78 is 0. The van der Waals surface area contributed by atoms with Crippen LogP contribution in [0.2, 0.25) is 0 Å². The van der Waals surface area contributed by atoms with E-state index in [4.69, 9.17) is 17.2 Å². The molecule has 0 saturated heterocycles. The van der Waals surface area contributed by atoms with Crippen LogP contribution in [0.3, 0.4) is 0 Å². The first-order valence-corrected chi connectivity index (χ1v) is 21.2. The van der Waals surface area contributed by atoms with E-state index in [1.807, 2.05) is 13.8 Å². The molecule has 1 aromatic rings. The van der Waals surface area contributed by atoms with Crippen LogP contribution in [0.4, 0.5) is 0 Å². The van der Waals surface area contributed by atoms with E-state index < -0.39 is 127 Å². The highest BCUT2D eigenvalue weighted by Crippen LogP contribution is 2.12. The second-order valence-corrected chi connectivity index (χ2v) is 16.7. The van der Waals surface area contributed by atoms with Gasteiger partial charge in [0.2, 0.25) is 35.4 Å². The number of nitrogens with two attached hydrogens (primary N) is 3. The fourth-order valence-electron chi connectivity index (χ4n) is 6.36. The average molecular weight is 905 g/mol. The number of nitrogens with zero attached hydrogens (tertiary/aromatic N) is 1.